The standard InChI is InChI=1S/C16H16Cl2N2O/c1-16(2,11-4-3-5-13(18)10-11)20-15(21)19-14-8-6-12(17)7-9-14/h3-10H,1-2H3,(H2,19,20,21). The van der Waals surface area contributed by atoms with Gasteiger partial charge in [0.25, 0.3) is 0 Å². The van der Waals surface area contributed by atoms with Crippen molar-refractivity contribution in [3.05, 3.63) is 64.1 Å². The summed E-state index contributed by atoms with van der Waals surface area (Å²) in [5.41, 5.74) is 1.07. The van der Waals surface area contributed by atoms with E-state index in [1.54, 1.807) is 30.3 Å². The summed E-state index contributed by atoms with van der Waals surface area (Å²) in [6.45, 7) is 3.83. The Morgan fingerprint density at radius 2 is 1.67 bits per heavy atom. The van der Waals surface area contributed by atoms with Gasteiger partial charge in [-0.15, -0.1) is 0 Å². The molecule has 0 bridgehead atoms. The highest BCUT2D eigenvalue weighted by atomic mass is 35.5. The monoisotopic (exact) mass is 322 g/mol. The van der Waals surface area contributed by atoms with Crippen LogP contribution in [0.25, 0.3) is 0 Å². The van der Waals surface area contributed by atoms with Gasteiger partial charge in [0.2, 0.25) is 0 Å². The minimum Gasteiger partial charge on any atom is -0.329 e. The third-order valence-corrected chi connectivity index (χ3v) is 3.56. The maximum absolute atomic E-state index is 12.1. The van der Waals surface area contributed by atoms with E-state index in [-0.39, 0.29) is 6.03 Å². The molecule has 0 radical (unpaired) electrons. The van der Waals surface area contributed by atoms with E-state index in [1.807, 2.05) is 32.0 Å². The number of nitrogens with one attached hydrogen (secondary N) is 2. The van der Waals surface area contributed by atoms with Crippen LogP contribution in [0.15, 0.2) is 48.5 Å². The molecule has 5 heteroatoms. The van der Waals surface area contributed by atoms with Crippen molar-refractivity contribution in [1.82, 2.24) is 5.32 Å². The topological polar surface area (TPSA) is 41.1 Å². The van der Waals surface area contributed by atoms with Crippen LogP contribution in [0, 0.1) is 0 Å². The average Bonchev–Trinajstić information content (AvgIpc) is 2.41. The normalized spacial score (nSPS) is 11.0. The van der Waals surface area contributed by atoms with Crippen molar-refractivity contribution in [3.8, 4) is 0 Å². The molecular weight excluding hydrogens is 307 g/mol. The molecule has 0 unspecified atom stereocenters. The summed E-state index contributed by atoms with van der Waals surface area (Å²) in [6.07, 6.45) is 0. The molecular formula is C16H16Cl2N2O. The van der Waals surface area contributed by atoms with E-state index in [0.29, 0.717) is 15.7 Å². The van der Waals surface area contributed by atoms with Crippen molar-refractivity contribution in [3.63, 3.8) is 0 Å². The van der Waals surface area contributed by atoms with E-state index >= 15 is 0 Å². The lowest BCUT2D eigenvalue weighted by molar-refractivity contribution is 0.242. The van der Waals surface area contributed by atoms with Gasteiger partial charge >= 0.3 is 6.03 Å². The van der Waals surface area contributed by atoms with Crippen LogP contribution >= 0.6 is 23.2 Å². The fourth-order valence-electron chi connectivity index (χ4n) is 1.93. The molecule has 3 nitrogen and oxygen atoms in total. The zero-order valence-corrected chi connectivity index (χ0v) is 13.3. The minimum absolute atomic E-state index is 0.290. The predicted octanol–water partition coefficient (Wildman–Crippen LogP) is 5.05. The summed E-state index contributed by atoms with van der Waals surface area (Å²) in [5.74, 6) is 0. The molecule has 0 aliphatic rings. The second-order valence-electron chi connectivity index (χ2n) is 5.22. The Labute approximate surface area is 134 Å². The van der Waals surface area contributed by atoms with E-state index in [0.717, 1.165) is 5.56 Å². The molecule has 2 aromatic carbocycles. The van der Waals surface area contributed by atoms with Crippen LogP contribution in [-0.2, 0) is 5.54 Å². The van der Waals surface area contributed by atoms with E-state index in [1.165, 1.54) is 0 Å². The average molecular weight is 323 g/mol. The molecule has 0 saturated heterocycles. The van der Waals surface area contributed by atoms with Crippen molar-refractivity contribution >= 4 is 34.9 Å². The number of halogens is 2. The molecule has 2 N–H and O–H groups in total. The molecule has 2 rings (SSSR count). The van der Waals surface area contributed by atoms with E-state index in [4.69, 9.17) is 23.2 Å². The Balaban J connectivity index is 2.05. The lowest BCUT2D eigenvalue weighted by Gasteiger charge is -2.27. The largest absolute Gasteiger partial charge is 0.329 e. The summed E-state index contributed by atoms with van der Waals surface area (Å²) in [5, 5.41) is 6.95. The number of carbonyl (C=O) groups is 1. The SMILES string of the molecule is CC(C)(NC(=O)Nc1ccc(Cl)cc1)c1cccc(Cl)c1. The third kappa shape index (κ3) is 4.38. The molecule has 0 saturated carbocycles. The second kappa shape index (κ2) is 6.37. The highest BCUT2D eigenvalue weighted by molar-refractivity contribution is 6.30. The summed E-state index contributed by atoms with van der Waals surface area (Å²) < 4.78 is 0. The fraction of sp³-hybridized carbons (Fsp3) is 0.188. The molecule has 0 aromatic heterocycles. The van der Waals surface area contributed by atoms with Gasteiger partial charge in [-0.25, -0.2) is 4.79 Å². The number of hydrogen-bond acceptors (Lipinski definition) is 1. The van der Waals surface area contributed by atoms with Crippen molar-refractivity contribution in [2.24, 2.45) is 0 Å². The van der Waals surface area contributed by atoms with Crippen LogP contribution in [0.5, 0.6) is 0 Å². The Bertz CT molecular complexity index is 639. The van der Waals surface area contributed by atoms with Crippen molar-refractivity contribution < 1.29 is 4.79 Å². The lowest BCUT2D eigenvalue weighted by Crippen LogP contribution is -2.43. The van der Waals surface area contributed by atoms with Crippen LogP contribution in [0.2, 0.25) is 10.0 Å². The van der Waals surface area contributed by atoms with E-state index in [9.17, 15) is 4.79 Å². The fourth-order valence-corrected chi connectivity index (χ4v) is 2.25. The summed E-state index contributed by atoms with van der Waals surface area (Å²) in [7, 11) is 0. The molecule has 2 amide bonds. The molecule has 0 heterocycles. The van der Waals surface area contributed by atoms with Crippen molar-refractivity contribution in [1.29, 1.82) is 0 Å². The van der Waals surface area contributed by atoms with Crippen LogP contribution in [0.4, 0.5) is 10.5 Å². The van der Waals surface area contributed by atoms with Crippen LogP contribution in [0.3, 0.4) is 0 Å². The smallest absolute Gasteiger partial charge is 0.319 e. The van der Waals surface area contributed by atoms with E-state index in [2.05, 4.69) is 10.6 Å². The van der Waals surface area contributed by atoms with Crippen LogP contribution < -0.4 is 10.6 Å². The zero-order chi connectivity index (χ0) is 15.5. The number of anilines is 1. The van der Waals surface area contributed by atoms with Gasteiger partial charge < -0.3 is 10.6 Å². The van der Waals surface area contributed by atoms with Gasteiger partial charge in [0.15, 0.2) is 0 Å². The first kappa shape index (κ1) is 15.7. The summed E-state index contributed by atoms with van der Waals surface area (Å²) >= 11 is 11.8. The van der Waals surface area contributed by atoms with Gasteiger partial charge in [-0.1, -0.05) is 35.3 Å². The van der Waals surface area contributed by atoms with Gasteiger partial charge in [0.05, 0.1) is 5.54 Å². The number of urea groups is 1. The maximum Gasteiger partial charge on any atom is 0.319 e. The van der Waals surface area contributed by atoms with E-state index < -0.39 is 5.54 Å². The predicted molar refractivity (Wildman–Crippen MR) is 88.1 cm³/mol. The Hall–Kier alpha value is -1.71. The third-order valence-electron chi connectivity index (χ3n) is 3.07. The van der Waals surface area contributed by atoms with Crippen LogP contribution in [-0.4, -0.2) is 6.03 Å². The number of amides is 2. The molecule has 0 fully saturated rings. The van der Waals surface area contributed by atoms with Gasteiger partial charge in [0.1, 0.15) is 0 Å². The quantitative estimate of drug-likeness (QED) is 0.815. The van der Waals surface area contributed by atoms with Crippen LogP contribution in [0.1, 0.15) is 19.4 Å². The van der Waals surface area contributed by atoms with Gasteiger partial charge in [-0.2, -0.15) is 0 Å². The minimum atomic E-state index is -0.540. The van der Waals surface area contributed by atoms with Crippen molar-refractivity contribution in [2.45, 2.75) is 19.4 Å². The molecule has 0 aliphatic carbocycles. The Kier molecular flexibility index (Phi) is 4.76. The van der Waals surface area contributed by atoms with Gasteiger partial charge in [-0.3, -0.25) is 0 Å². The van der Waals surface area contributed by atoms with Gasteiger partial charge in [0, 0.05) is 15.7 Å². The number of carbonyl (C=O) groups excluding carboxylic acids is 1. The maximum atomic E-state index is 12.1. The van der Waals surface area contributed by atoms with Crippen molar-refractivity contribution in [2.75, 3.05) is 5.32 Å². The zero-order valence-electron chi connectivity index (χ0n) is 11.8. The Morgan fingerprint density at radius 3 is 2.29 bits per heavy atom. The molecule has 2 aromatic rings. The first-order valence-corrected chi connectivity index (χ1v) is 7.23. The highest BCUT2D eigenvalue weighted by Crippen LogP contribution is 2.23. The summed E-state index contributed by atoms with van der Waals surface area (Å²) in [6, 6.07) is 14.1. The van der Waals surface area contributed by atoms with Gasteiger partial charge in [-0.05, 0) is 55.8 Å². The number of benzene rings is 2. The molecule has 0 aliphatic heterocycles. The molecule has 21 heavy (non-hydrogen) atoms. The molecule has 0 spiro atoms. The lowest BCUT2D eigenvalue weighted by atomic mass is 9.94. The highest BCUT2D eigenvalue weighted by Gasteiger charge is 2.23. The molecule has 110 valence electrons. The first-order chi connectivity index (χ1) is 9.87. The molecule has 0 atom stereocenters. The Morgan fingerprint density at radius 1 is 1.00 bits per heavy atom. The number of hydrogen-bond donors (Lipinski definition) is 2. The number of rotatable bonds is 3. The summed E-state index contributed by atoms with van der Waals surface area (Å²) in [4.78, 5) is 12.1. The second-order valence-corrected chi connectivity index (χ2v) is 6.09. The first-order valence-electron chi connectivity index (χ1n) is 6.47.